The minimum Gasteiger partial charge on any atom is -0.456 e. The second-order valence-corrected chi connectivity index (χ2v) is 23.1. The van der Waals surface area contributed by atoms with E-state index in [1.54, 1.807) is 0 Å². The Morgan fingerprint density at radius 1 is 0.556 bits per heavy atom. The van der Waals surface area contributed by atoms with Crippen LogP contribution in [0.1, 0.15) is 107 Å². The molecule has 474 valence electrons. The number of hydrogen-bond acceptors (Lipinski definition) is 9. The third-order valence-electron chi connectivity index (χ3n) is 16.8. The number of nitrogens with one attached hydrogen (secondary N) is 3. The summed E-state index contributed by atoms with van der Waals surface area (Å²) >= 11 is 0. The summed E-state index contributed by atoms with van der Waals surface area (Å²) in [4.78, 5) is 112. The number of carbonyl (C=O) groups is 7. The quantitative estimate of drug-likeness (QED) is 0.0302. The van der Waals surface area contributed by atoms with Gasteiger partial charge in [-0.15, -0.1) is 0 Å². The van der Waals surface area contributed by atoms with E-state index < -0.39 is 54.1 Å². The summed E-state index contributed by atoms with van der Waals surface area (Å²) in [5.41, 5.74) is 6.93. The summed E-state index contributed by atoms with van der Waals surface area (Å²) < 4.78 is 9.04. The topological polar surface area (TPSA) is 188 Å². The van der Waals surface area contributed by atoms with Crippen LogP contribution in [0.25, 0.3) is 33.4 Å². The van der Waals surface area contributed by atoms with Gasteiger partial charge in [-0.2, -0.15) is 0 Å². The third kappa shape index (κ3) is 17.8. The predicted molar refractivity (Wildman–Crippen MR) is 355 cm³/mol. The van der Waals surface area contributed by atoms with Crippen molar-refractivity contribution in [3.05, 3.63) is 179 Å². The first-order valence-corrected chi connectivity index (χ1v) is 32.3. The molecule has 90 heavy (non-hydrogen) atoms. The number of hydrogen-bond donors (Lipinski definition) is 3. The highest BCUT2D eigenvalue weighted by atomic mass is 16.3. The number of fused-ring (bicyclic) bond motifs is 2. The summed E-state index contributed by atoms with van der Waals surface area (Å²) in [5.74, 6) is -2.72. The van der Waals surface area contributed by atoms with Gasteiger partial charge >= 0.3 is 0 Å². The lowest BCUT2D eigenvalue weighted by Gasteiger charge is -2.33. The molecule has 1 fully saturated rings. The minimum absolute atomic E-state index is 0.0305. The lowest BCUT2D eigenvalue weighted by molar-refractivity contribution is -0.148. The number of benzene rings is 6. The zero-order valence-electron chi connectivity index (χ0n) is 53.4. The molecule has 2 heterocycles. The fourth-order valence-corrected chi connectivity index (χ4v) is 11.7. The number of amides is 7. The molecule has 0 spiro atoms. The van der Waals surface area contributed by atoms with Crippen LogP contribution in [0.2, 0.25) is 0 Å². The standard InChI is InChI=1S/C73H89N9O8/c1-7-13-41-79-49-66(83)75-62(44-53-28-18-15-19-29-53)72(88)76-63(45-54-30-20-16-21-31-54)73(89)81(51-69(86)82(48-55-32-22-17-23-33-55)52-68(85)80(42-14-8-2)50-67(79)84)43-27-26-40-74-71(87)59-35-25-24-34-58(59)70-60-38-36-56(77(9-3)10-4)46-64(60)90-65-47-57(37-39-61(65)70)78(11-5)12-6/h15-25,28-39,46-47,62-63H,7-14,26-27,40-45,48-52H2,1-6H3,(H2-,74,75,76,83,87,88)/p+1/t62-,63-/m0/s1. The van der Waals surface area contributed by atoms with Crippen LogP contribution in [0.4, 0.5) is 5.69 Å². The zero-order chi connectivity index (χ0) is 63.9. The highest BCUT2D eigenvalue weighted by Crippen LogP contribution is 2.42. The summed E-state index contributed by atoms with van der Waals surface area (Å²) in [6, 6.07) is 45.4. The highest BCUT2D eigenvalue weighted by molar-refractivity contribution is 6.09. The van der Waals surface area contributed by atoms with Crippen LogP contribution in [0.15, 0.2) is 156 Å². The number of carbonyl (C=O) groups excluding carboxylic acids is 7. The minimum atomic E-state index is -1.22. The molecular weight excluding hydrogens is 1130 g/mol. The summed E-state index contributed by atoms with van der Waals surface area (Å²) in [5, 5.41) is 11.0. The van der Waals surface area contributed by atoms with Crippen LogP contribution in [0.5, 0.6) is 0 Å². The van der Waals surface area contributed by atoms with Gasteiger partial charge < -0.3 is 44.9 Å². The smallest absolute Gasteiger partial charge is 0.251 e. The van der Waals surface area contributed by atoms with Crippen LogP contribution in [-0.4, -0.2) is 152 Å². The molecule has 17 nitrogen and oxygen atoms in total. The van der Waals surface area contributed by atoms with E-state index in [0.29, 0.717) is 42.6 Å². The van der Waals surface area contributed by atoms with Gasteiger partial charge in [-0.25, -0.2) is 4.58 Å². The Labute approximate surface area is 530 Å². The zero-order valence-corrected chi connectivity index (χ0v) is 53.4. The van der Waals surface area contributed by atoms with E-state index >= 15 is 9.59 Å². The van der Waals surface area contributed by atoms with Crippen molar-refractivity contribution in [2.45, 2.75) is 112 Å². The number of nitrogens with zero attached hydrogens (tertiary/aromatic N) is 6. The maximum atomic E-state index is 15.6. The van der Waals surface area contributed by atoms with Gasteiger partial charge in [0.25, 0.3) is 5.91 Å². The van der Waals surface area contributed by atoms with E-state index in [9.17, 15) is 24.0 Å². The molecule has 0 saturated carbocycles. The molecule has 0 radical (unpaired) electrons. The molecule has 0 aromatic heterocycles. The monoisotopic (exact) mass is 1220 g/mol. The fourth-order valence-electron chi connectivity index (χ4n) is 11.7. The molecule has 3 N–H and O–H groups in total. The lowest BCUT2D eigenvalue weighted by Crippen LogP contribution is -2.58. The van der Waals surface area contributed by atoms with E-state index in [-0.39, 0.29) is 71.1 Å². The van der Waals surface area contributed by atoms with Crippen molar-refractivity contribution in [2.24, 2.45) is 0 Å². The molecule has 1 saturated heterocycles. The Kier molecular flexibility index (Phi) is 24.8. The first kappa shape index (κ1) is 66.8. The van der Waals surface area contributed by atoms with Gasteiger partial charge in [0.15, 0.2) is 0 Å². The van der Waals surface area contributed by atoms with Crippen LogP contribution in [-0.2, 0) is 48.2 Å². The van der Waals surface area contributed by atoms with Gasteiger partial charge in [-0.05, 0) is 99.9 Å². The molecule has 5 aromatic carbocycles. The van der Waals surface area contributed by atoms with E-state index in [4.69, 9.17) is 4.42 Å². The van der Waals surface area contributed by atoms with Gasteiger partial charge in [0, 0.05) is 98.6 Å². The molecule has 2 aliphatic heterocycles. The molecule has 8 rings (SSSR count). The van der Waals surface area contributed by atoms with Gasteiger partial charge in [0.2, 0.25) is 40.8 Å². The van der Waals surface area contributed by atoms with Crippen molar-refractivity contribution in [3.63, 3.8) is 0 Å². The van der Waals surface area contributed by atoms with Crippen molar-refractivity contribution < 1.29 is 38.0 Å². The second kappa shape index (κ2) is 33.5. The number of rotatable bonds is 24. The van der Waals surface area contributed by atoms with Crippen LogP contribution >= 0.6 is 0 Å². The molecule has 3 aliphatic rings. The van der Waals surface area contributed by atoms with E-state index in [0.717, 1.165) is 88.8 Å². The summed E-state index contributed by atoms with van der Waals surface area (Å²) in [6.07, 6.45) is 3.49. The van der Waals surface area contributed by atoms with E-state index in [2.05, 4.69) is 89.5 Å². The van der Waals surface area contributed by atoms with Crippen molar-refractivity contribution in [3.8, 4) is 22.5 Å². The summed E-state index contributed by atoms with van der Waals surface area (Å²) in [6.45, 7) is 15.0. The van der Waals surface area contributed by atoms with E-state index in [1.165, 1.54) is 19.6 Å². The van der Waals surface area contributed by atoms with Crippen molar-refractivity contribution in [1.82, 2.24) is 40.1 Å². The predicted octanol–water partition coefficient (Wildman–Crippen LogP) is 8.96. The van der Waals surface area contributed by atoms with E-state index in [1.807, 2.05) is 129 Å². The largest absolute Gasteiger partial charge is 0.456 e. The van der Waals surface area contributed by atoms with Crippen LogP contribution < -0.4 is 30.8 Å². The lowest BCUT2D eigenvalue weighted by atomic mass is 9.90. The Morgan fingerprint density at radius 3 is 1.73 bits per heavy atom. The van der Waals surface area contributed by atoms with Crippen LogP contribution in [0.3, 0.4) is 0 Å². The molecular formula is C73H90N9O8+. The average molecular weight is 1220 g/mol. The molecule has 5 aromatic rings. The van der Waals surface area contributed by atoms with Gasteiger partial charge in [0.05, 0.1) is 25.7 Å². The Bertz CT molecular complexity index is 3580. The van der Waals surface area contributed by atoms with Gasteiger partial charge in [0.1, 0.15) is 43.1 Å². The number of unbranched alkanes of at least 4 members (excludes halogenated alkanes) is 3. The summed E-state index contributed by atoms with van der Waals surface area (Å²) in [7, 11) is 0. The molecule has 2 atom stereocenters. The molecule has 7 amide bonds. The number of anilines is 1. The third-order valence-corrected chi connectivity index (χ3v) is 16.8. The van der Waals surface area contributed by atoms with Gasteiger partial charge in [-0.1, -0.05) is 136 Å². The van der Waals surface area contributed by atoms with Crippen molar-refractivity contribution >= 4 is 58.0 Å². The van der Waals surface area contributed by atoms with Crippen LogP contribution in [0, 0.1) is 0 Å². The normalized spacial score (nSPS) is 15.8. The fraction of sp³-hybridized carbons (Fsp3) is 0.397. The first-order chi connectivity index (χ1) is 43.7. The van der Waals surface area contributed by atoms with Crippen molar-refractivity contribution in [2.75, 3.05) is 83.4 Å². The molecule has 0 unspecified atom stereocenters. The first-order valence-electron chi connectivity index (χ1n) is 32.3. The SMILES string of the molecule is CCCCN1CC(=O)N[C@@H](Cc2ccccc2)C(=O)N[C@@H](Cc2ccccc2)C(=O)N(CCCCNC(=O)c2ccccc2-c2c3ccc(=[N+](CC)CC)cc-3oc3cc(N(CC)CC)ccc23)CC(=O)N(Cc2ccccc2)CC(=O)N(CCCC)CC1=O. The molecule has 1 aliphatic carbocycles. The Hall–Kier alpha value is -9.12. The van der Waals surface area contributed by atoms with Crippen molar-refractivity contribution in [1.29, 1.82) is 0 Å². The Morgan fingerprint density at radius 2 is 1.11 bits per heavy atom. The maximum Gasteiger partial charge on any atom is 0.251 e. The molecule has 17 heteroatoms. The highest BCUT2D eigenvalue weighted by Gasteiger charge is 2.34. The average Bonchev–Trinajstić information content (AvgIpc) is 0.802. The van der Waals surface area contributed by atoms with Gasteiger partial charge in [-0.3, -0.25) is 33.6 Å². The maximum absolute atomic E-state index is 15.6. The second-order valence-electron chi connectivity index (χ2n) is 23.1. The molecule has 0 bridgehead atoms. The Balaban J connectivity index is 1.12.